The second kappa shape index (κ2) is 3.56. The molecule has 0 saturated heterocycles. The van der Waals surface area contributed by atoms with Gasteiger partial charge in [-0.1, -0.05) is 13.8 Å². The smallest absolute Gasteiger partial charge is 0.331 e. The van der Waals surface area contributed by atoms with Crippen molar-refractivity contribution in [2.75, 3.05) is 0 Å². The van der Waals surface area contributed by atoms with E-state index in [2.05, 4.69) is 0 Å². The lowest BCUT2D eigenvalue weighted by Gasteiger charge is -2.30. The number of ketones is 1. The van der Waals surface area contributed by atoms with Crippen LogP contribution >= 0.6 is 0 Å². The van der Waals surface area contributed by atoms with Crippen LogP contribution in [-0.2, 0) is 14.3 Å². The van der Waals surface area contributed by atoms with E-state index < -0.39 is 0 Å². The van der Waals surface area contributed by atoms with Crippen LogP contribution in [0.5, 0.6) is 0 Å². The van der Waals surface area contributed by atoms with E-state index in [0.29, 0.717) is 6.42 Å². The first-order chi connectivity index (χ1) is 6.33. The molecule has 1 aliphatic heterocycles. The highest BCUT2D eigenvalue weighted by Gasteiger charge is 2.38. The molecule has 0 amide bonds. The first-order valence-electron chi connectivity index (χ1n) is 4.71. The van der Waals surface area contributed by atoms with Gasteiger partial charge >= 0.3 is 5.97 Å². The summed E-state index contributed by atoms with van der Waals surface area (Å²) in [6.45, 7) is 7.29. The maximum Gasteiger partial charge on any atom is 0.331 e. The second-order valence-electron chi connectivity index (χ2n) is 4.57. The van der Waals surface area contributed by atoms with Gasteiger partial charge in [-0.25, -0.2) is 4.79 Å². The molecule has 0 spiro atoms. The number of rotatable bonds is 3. The Kier molecular flexibility index (Phi) is 2.79. The Hall–Kier alpha value is -1.12. The van der Waals surface area contributed by atoms with Gasteiger partial charge in [0.15, 0.2) is 0 Å². The van der Waals surface area contributed by atoms with Gasteiger partial charge in [0, 0.05) is 17.9 Å². The number of carbonyl (C=O) groups is 2. The molecule has 0 aliphatic carbocycles. The molecule has 0 aromatic heterocycles. The quantitative estimate of drug-likeness (QED) is 0.647. The van der Waals surface area contributed by atoms with Crippen molar-refractivity contribution >= 4 is 11.8 Å². The van der Waals surface area contributed by atoms with Crippen molar-refractivity contribution in [2.45, 2.75) is 40.2 Å². The molecule has 0 aromatic carbocycles. The van der Waals surface area contributed by atoms with Crippen LogP contribution in [0, 0.1) is 5.41 Å². The summed E-state index contributed by atoms with van der Waals surface area (Å²) in [5, 5.41) is 0. The molecule has 0 saturated carbocycles. The summed E-state index contributed by atoms with van der Waals surface area (Å²) in [7, 11) is 0. The highest BCUT2D eigenvalue weighted by molar-refractivity contribution is 5.86. The van der Waals surface area contributed by atoms with Crippen LogP contribution in [0.25, 0.3) is 0 Å². The van der Waals surface area contributed by atoms with E-state index in [1.807, 2.05) is 20.8 Å². The lowest BCUT2D eigenvalue weighted by Crippen LogP contribution is -2.32. The summed E-state index contributed by atoms with van der Waals surface area (Å²) in [5.74, 6) is -0.185. The Labute approximate surface area is 84.1 Å². The number of Topliss-reactive ketones (excluding diaryl/α,β-unsaturated/α-hetero) is 1. The predicted octanol–water partition coefficient (Wildman–Crippen LogP) is 1.86. The summed E-state index contributed by atoms with van der Waals surface area (Å²) in [6.07, 6.45) is 1.67. The van der Waals surface area contributed by atoms with Crippen molar-refractivity contribution in [1.82, 2.24) is 0 Å². The summed E-state index contributed by atoms with van der Waals surface area (Å²) in [5.41, 5.74) is 0.597. The molecule has 1 unspecified atom stereocenters. The average Bonchev–Trinajstić information content (AvgIpc) is 2.27. The third kappa shape index (κ3) is 2.22. The largest absolute Gasteiger partial charge is 0.454 e. The van der Waals surface area contributed by atoms with E-state index >= 15 is 0 Å². The Balaban J connectivity index is 2.79. The van der Waals surface area contributed by atoms with Gasteiger partial charge in [-0.2, -0.15) is 0 Å². The van der Waals surface area contributed by atoms with E-state index in [-0.39, 0.29) is 23.3 Å². The first kappa shape index (κ1) is 11.0. The summed E-state index contributed by atoms with van der Waals surface area (Å²) in [4.78, 5) is 22.1. The van der Waals surface area contributed by atoms with Crippen molar-refractivity contribution in [1.29, 1.82) is 0 Å². The number of carbonyl (C=O) groups excluding carboxylic acids is 2. The lowest BCUT2D eigenvalue weighted by molar-refractivity contribution is -0.144. The minimum absolute atomic E-state index is 0.116. The van der Waals surface area contributed by atoms with Gasteiger partial charge in [0.2, 0.25) is 0 Å². The minimum Gasteiger partial charge on any atom is -0.454 e. The van der Waals surface area contributed by atoms with Crippen LogP contribution in [0.15, 0.2) is 11.6 Å². The van der Waals surface area contributed by atoms with Gasteiger partial charge in [0.05, 0.1) is 0 Å². The maximum atomic E-state index is 11.0. The Morgan fingerprint density at radius 2 is 2.14 bits per heavy atom. The Morgan fingerprint density at radius 3 is 2.50 bits per heavy atom. The van der Waals surface area contributed by atoms with Gasteiger partial charge in [-0.3, -0.25) is 0 Å². The molecular weight excluding hydrogens is 180 g/mol. The molecule has 14 heavy (non-hydrogen) atoms. The summed E-state index contributed by atoms with van der Waals surface area (Å²) >= 11 is 0. The van der Waals surface area contributed by atoms with E-state index in [1.54, 1.807) is 6.92 Å². The van der Waals surface area contributed by atoms with E-state index in [4.69, 9.17) is 4.74 Å². The fourth-order valence-electron chi connectivity index (χ4n) is 2.01. The zero-order chi connectivity index (χ0) is 10.9. The minimum atomic E-state index is -0.307. The Bertz CT molecular complexity index is 300. The number of cyclic esters (lactones) is 1. The summed E-state index contributed by atoms with van der Waals surface area (Å²) < 4.78 is 5.16. The van der Waals surface area contributed by atoms with E-state index in [1.165, 1.54) is 6.08 Å². The molecule has 78 valence electrons. The molecule has 0 fully saturated rings. The number of ether oxygens (including phenoxy) is 1. The van der Waals surface area contributed by atoms with Crippen molar-refractivity contribution in [3.8, 4) is 0 Å². The topological polar surface area (TPSA) is 43.4 Å². The third-order valence-corrected chi connectivity index (χ3v) is 2.41. The number of esters is 1. The van der Waals surface area contributed by atoms with Gasteiger partial charge in [0.1, 0.15) is 11.9 Å². The lowest BCUT2D eigenvalue weighted by atomic mass is 9.79. The van der Waals surface area contributed by atoms with E-state index in [0.717, 1.165) is 5.57 Å². The average molecular weight is 196 g/mol. The molecule has 0 radical (unpaired) electrons. The van der Waals surface area contributed by atoms with Crippen LogP contribution in [0.1, 0.15) is 34.1 Å². The summed E-state index contributed by atoms with van der Waals surface area (Å²) in [6, 6.07) is 0. The van der Waals surface area contributed by atoms with Gasteiger partial charge in [0.25, 0.3) is 0 Å². The normalized spacial score (nSPS) is 21.9. The standard InChI is InChI=1S/C11H16O3/c1-7-5-9(13)14-10(7)11(3,4)6-8(2)12/h5,10H,6H2,1-4H3. The molecule has 0 aromatic rings. The molecule has 1 atom stereocenters. The molecule has 3 heteroatoms. The fraction of sp³-hybridized carbons (Fsp3) is 0.636. The van der Waals surface area contributed by atoms with Crippen molar-refractivity contribution in [3.63, 3.8) is 0 Å². The van der Waals surface area contributed by atoms with Crippen LogP contribution in [0.4, 0.5) is 0 Å². The maximum absolute atomic E-state index is 11.0. The second-order valence-corrected chi connectivity index (χ2v) is 4.57. The molecular formula is C11H16O3. The zero-order valence-electron chi connectivity index (χ0n) is 9.09. The molecule has 1 rings (SSSR count). The molecule has 1 aliphatic rings. The molecule has 1 heterocycles. The number of hydrogen-bond acceptors (Lipinski definition) is 3. The fourth-order valence-corrected chi connectivity index (χ4v) is 2.01. The third-order valence-electron chi connectivity index (χ3n) is 2.41. The Morgan fingerprint density at radius 1 is 1.57 bits per heavy atom. The zero-order valence-corrected chi connectivity index (χ0v) is 9.09. The predicted molar refractivity (Wildman–Crippen MR) is 52.7 cm³/mol. The van der Waals surface area contributed by atoms with Crippen molar-refractivity contribution in [2.24, 2.45) is 5.41 Å². The monoisotopic (exact) mass is 196 g/mol. The SMILES string of the molecule is CC(=O)CC(C)(C)C1OC(=O)C=C1C. The van der Waals surface area contributed by atoms with Crippen LogP contribution in [-0.4, -0.2) is 17.9 Å². The highest BCUT2D eigenvalue weighted by atomic mass is 16.5. The van der Waals surface area contributed by atoms with Crippen LogP contribution in [0.2, 0.25) is 0 Å². The van der Waals surface area contributed by atoms with Gasteiger partial charge in [-0.05, 0) is 19.4 Å². The molecule has 0 N–H and O–H groups in total. The van der Waals surface area contributed by atoms with Gasteiger partial charge < -0.3 is 9.53 Å². The molecule has 3 nitrogen and oxygen atoms in total. The highest BCUT2D eigenvalue weighted by Crippen LogP contribution is 2.35. The van der Waals surface area contributed by atoms with Crippen molar-refractivity contribution in [3.05, 3.63) is 11.6 Å². The van der Waals surface area contributed by atoms with Crippen LogP contribution < -0.4 is 0 Å². The molecule has 0 bridgehead atoms. The van der Waals surface area contributed by atoms with Crippen molar-refractivity contribution < 1.29 is 14.3 Å². The van der Waals surface area contributed by atoms with E-state index in [9.17, 15) is 9.59 Å². The number of hydrogen-bond donors (Lipinski definition) is 0. The van der Waals surface area contributed by atoms with Crippen LogP contribution in [0.3, 0.4) is 0 Å². The first-order valence-corrected chi connectivity index (χ1v) is 4.71. The van der Waals surface area contributed by atoms with Gasteiger partial charge in [-0.15, -0.1) is 0 Å².